The first-order valence-corrected chi connectivity index (χ1v) is 8.66. The predicted octanol–water partition coefficient (Wildman–Crippen LogP) is 2.82. The minimum absolute atomic E-state index is 0.346. The molecule has 2 aromatic rings. The molecule has 0 aliphatic heterocycles. The van der Waals surface area contributed by atoms with Crippen LogP contribution in [0.1, 0.15) is 25.0 Å². The van der Waals surface area contributed by atoms with E-state index in [0.717, 1.165) is 16.8 Å². The topological polar surface area (TPSA) is 76.0 Å². The molecule has 1 aromatic heterocycles. The van der Waals surface area contributed by atoms with E-state index < -0.39 is 11.3 Å². The first kappa shape index (κ1) is 18.1. The van der Waals surface area contributed by atoms with Crippen LogP contribution in [-0.4, -0.2) is 33.3 Å². The molecule has 6 nitrogen and oxygen atoms in total. The van der Waals surface area contributed by atoms with Crippen LogP contribution in [0, 0.1) is 13.8 Å². The van der Waals surface area contributed by atoms with Crippen molar-refractivity contribution in [2.24, 2.45) is 0 Å². The van der Waals surface area contributed by atoms with E-state index in [1.54, 1.807) is 20.0 Å². The number of carbonyl (C=O) groups is 2. The van der Waals surface area contributed by atoms with Gasteiger partial charge in [-0.1, -0.05) is 23.9 Å². The number of thioether (sulfide) groups is 1. The van der Waals surface area contributed by atoms with E-state index in [-0.39, 0.29) is 5.91 Å². The summed E-state index contributed by atoms with van der Waals surface area (Å²) in [5, 5.41) is 5.13. The third-order valence-electron chi connectivity index (χ3n) is 3.46. The van der Waals surface area contributed by atoms with Gasteiger partial charge in [-0.2, -0.15) is 0 Å². The van der Waals surface area contributed by atoms with Crippen LogP contribution in [0.3, 0.4) is 0 Å². The van der Waals surface area contributed by atoms with Crippen molar-refractivity contribution in [3.63, 3.8) is 0 Å². The van der Waals surface area contributed by atoms with Crippen molar-refractivity contribution in [3.05, 3.63) is 41.7 Å². The summed E-state index contributed by atoms with van der Waals surface area (Å²) in [7, 11) is 0. The Balaban J connectivity index is 2.14. The number of carbonyl (C=O) groups excluding carboxylic acids is 2. The van der Waals surface area contributed by atoms with Crippen LogP contribution >= 0.6 is 11.8 Å². The maximum absolute atomic E-state index is 12.1. The number of aromatic nitrogens is 2. The molecular formula is C17H22N4O2S. The van der Waals surface area contributed by atoms with Gasteiger partial charge in [0, 0.05) is 18.9 Å². The van der Waals surface area contributed by atoms with Gasteiger partial charge in [-0.15, -0.1) is 0 Å². The maximum Gasteiger partial charge on any atom is 0.321 e. The van der Waals surface area contributed by atoms with E-state index in [1.807, 2.05) is 24.6 Å². The average Bonchev–Trinajstić information content (AvgIpc) is 2.97. The van der Waals surface area contributed by atoms with Gasteiger partial charge in [-0.3, -0.25) is 14.7 Å². The highest BCUT2D eigenvalue weighted by molar-refractivity contribution is 8.00. The molecule has 24 heavy (non-hydrogen) atoms. The molecule has 128 valence electrons. The molecule has 0 fully saturated rings. The van der Waals surface area contributed by atoms with E-state index in [9.17, 15) is 9.59 Å². The van der Waals surface area contributed by atoms with Gasteiger partial charge < -0.3 is 5.32 Å². The Bertz CT molecular complexity index is 742. The summed E-state index contributed by atoms with van der Waals surface area (Å²) in [4.78, 5) is 27.9. The Morgan fingerprint density at radius 1 is 1.33 bits per heavy atom. The molecule has 0 aliphatic rings. The number of imide groups is 1. The number of nitrogens with zero attached hydrogens (tertiary/aromatic N) is 2. The Morgan fingerprint density at radius 3 is 2.79 bits per heavy atom. The van der Waals surface area contributed by atoms with Gasteiger partial charge in [0.25, 0.3) is 0 Å². The fourth-order valence-electron chi connectivity index (χ4n) is 2.17. The van der Waals surface area contributed by atoms with Crippen molar-refractivity contribution in [1.82, 2.24) is 20.2 Å². The second-order valence-corrected chi connectivity index (χ2v) is 6.79. The van der Waals surface area contributed by atoms with E-state index in [0.29, 0.717) is 11.7 Å². The summed E-state index contributed by atoms with van der Waals surface area (Å²) in [6, 6.07) is 5.73. The Hall–Kier alpha value is -2.28. The number of amides is 3. The summed E-state index contributed by atoms with van der Waals surface area (Å²) in [6.07, 6.45) is 3.58. The van der Waals surface area contributed by atoms with Crippen LogP contribution in [0.4, 0.5) is 4.79 Å². The lowest BCUT2D eigenvalue weighted by atomic mass is 10.1. The number of hydrogen-bond acceptors (Lipinski definition) is 4. The highest BCUT2D eigenvalue weighted by Crippen LogP contribution is 2.26. The highest BCUT2D eigenvalue weighted by Gasteiger charge is 2.20. The van der Waals surface area contributed by atoms with Crippen LogP contribution in [0.5, 0.6) is 0 Å². The monoisotopic (exact) mass is 346 g/mol. The van der Waals surface area contributed by atoms with Crippen LogP contribution in [0.2, 0.25) is 0 Å². The third kappa shape index (κ3) is 4.38. The zero-order valence-corrected chi connectivity index (χ0v) is 15.1. The van der Waals surface area contributed by atoms with Gasteiger partial charge in [0.1, 0.15) is 0 Å². The maximum atomic E-state index is 12.1. The van der Waals surface area contributed by atoms with Crippen LogP contribution in [-0.2, 0) is 4.79 Å². The lowest BCUT2D eigenvalue weighted by Gasteiger charge is -2.14. The van der Waals surface area contributed by atoms with Gasteiger partial charge in [0.15, 0.2) is 5.16 Å². The summed E-state index contributed by atoms with van der Waals surface area (Å²) in [6.45, 7) is 8.09. The van der Waals surface area contributed by atoms with Crippen LogP contribution < -0.4 is 10.6 Å². The molecule has 2 N–H and O–H groups in total. The van der Waals surface area contributed by atoms with Crippen molar-refractivity contribution in [3.8, 4) is 5.69 Å². The van der Waals surface area contributed by atoms with Crippen molar-refractivity contribution in [2.75, 3.05) is 6.54 Å². The summed E-state index contributed by atoms with van der Waals surface area (Å²) >= 11 is 1.31. The largest absolute Gasteiger partial charge is 0.338 e. The van der Waals surface area contributed by atoms with Crippen molar-refractivity contribution in [1.29, 1.82) is 0 Å². The summed E-state index contributed by atoms with van der Waals surface area (Å²) in [5.41, 5.74) is 3.31. The Kier molecular flexibility index (Phi) is 6.03. The van der Waals surface area contributed by atoms with Gasteiger partial charge in [0.05, 0.1) is 10.9 Å². The number of benzene rings is 1. The minimum Gasteiger partial charge on any atom is -0.338 e. The van der Waals surface area contributed by atoms with Gasteiger partial charge in [0.2, 0.25) is 5.91 Å². The van der Waals surface area contributed by atoms with E-state index in [4.69, 9.17) is 0 Å². The molecule has 7 heteroatoms. The first-order valence-electron chi connectivity index (χ1n) is 7.78. The fourth-order valence-corrected chi connectivity index (χ4v) is 3.05. The molecule has 1 aromatic carbocycles. The molecule has 2 rings (SSSR count). The number of hydrogen-bond donors (Lipinski definition) is 2. The van der Waals surface area contributed by atoms with E-state index >= 15 is 0 Å². The van der Waals surface area contributed by atoms with Crippen molar-refractivity contribution in [2.45, 2.75) is 38.1 Å². The van der Waals surface area contributed by atoms with E-state index in [2.05, 4.69) is 33.8 Å². The van der Waals surface area contributed by atoms with Gasteiger partial charge >= 0.3 is 6.03 Å². The molecule has 0 saturated heterocycles. The highest BCUT2D eigenvalue weighted by atomic mass is 32.2. The average molecular weight is 346 g/mol. The molecule has 1 atom stereocenters. The SMILES string of the molecule is CCNC(=O)NC(=O)C(C)Sc1nccn1-c1cc(C)ccc1C. The molecule has 1 heterocycles. The molecule has 3 amide bonds. The lowest BCUT2D eigenvalue weighted by molar-refractivity contribution is -0.119. The van der Waals surface area contributed by atoms with E-state index in [1.165, 1.54) is 11.8 Å². The smallest absolute Gasteiger partial charge is 0.321 e. The standard InChI is InChI=1S/C17H22N4O2S/c1-5-18-16(23)20-15(22)13(4)24-17-19-8-9-21(17)14-10-11(2)6-7-12(14)3/h6-10,13H,5H2,1-4H3,(H2,18,20,22,23). The van der Waals surface area contributed by atoms with Crippen molar-refractivity contribution < 1.29 is 9.59 Å². The summed E-state index contributed by atoms with van der Waals surface area (Å²) in [5.74, 6) is -0.346. The quantitative estimate of drug-likeness (QED) is 0.816. The summed E-state index contributed by atoms with van der Waals surface area (Å²) < 4.78 is 1.96. The number of rotatable bonds is 5. The molecule has 0 spiro atoms. The fraction of sp³-hybridized carbons (Fsp3) is 0.353. The lowest BCUT2D eigenvalue weighted by Crippen LogP contribution is -2.42. The molecule has 0 bridgehead atoms. The second kappa shape index (κ2) is 8.01. The molecule has 1 unspecified atom stereocenters. The number of aryl methyl sites for hydroxylation is 2. The van der Waals surface area contributed by atoms with Gasteiger partial charge in [-0.25, -0.2) is 9.78 Å². The number of imidazole rings is 1. The first-order chi connectivity index (χ1) is 11.4. The molecule has 0 aliphatic carbocycles. The molecule has 0 saturated carbocycles. The predicted molar refractivity (Wildman–Crippen MR) is 95.6 cm³/mol. The molecular weight excluding hydrogens is 324 g/mol. The zero-order valence-electron chi connectivity index (χ0n) is 14.3. The third-order valence-corrected chi connectivity index (χ3v) is 4.54. The Labute approximate surface area is 146 Å². The van der Waals surface area contributed by atoms with Gasteiger partial charge in [-0.05, 0) is 44.9 Å². The second-order valence-electron chi connectivity index (χ2n) is 5.48. The number of urea groups is 1. The van der Waals surface area contributed by atoms with Crippen LogP contribution in [0.15, 0.2) is 35.7 Å². The van der Waals surface area contributed by atoms with Crippen molar-refractivity contribution >= 4 is 23.7 Å². The molecule has 0 radical (unpaired) electrons. The zero-order chi connectivity index (χ0) is 17.7. The number of nitrogens with one attached hydrogen (secondary N) is 2. The normalized spacial score (nSPS) is 11.8. The Morgan fingerprint density at radius 2 is 2.08 bits per heavy atom. The van der Waals surface area contributed by atoms with Crippen LogP contribution in [0.25, 0.3) is 5.69 Å². The minimum atomic E-state index is -0.479.